The maximum atomic E-state index is 6.16. The van der Waals surface area contributed by atoms with Gasteiger partial charge in [-0.25, -0.2) is 0 Å². The summed E-state index contributed by atoms with van der Waals surface area (Å²) in [5.41, 5.74) is 7.96. The zero-order valence-corrected chi connectivity index (χ0v) is 10.6. The van der Waals surface area contributed by atoms with E-state index in [9.17, 15) is 0 Å². The Balaban J connectivity index is 2.61. The third-order valence-electron chi connectivity index (χ3n) is 2.39. The van der Waals surface area contributed by atoms with Crippen molar-refractivity contribution in [1.82, 2.24) is 4.98 Å². The van der Waals surface area contributed by atoms with Crippen LogP contribution in [-0.4, -0.2) is 12.1 Å². The first kappa shape index (κ1) is 12.0. The van der Waals surface area contributed by atoms with E-state index in [4.69, 9.17) is 33.7 Å². The molecule has 0 fully saturated rings. The maximum absolute atomic E-state index is 6.16. The van der Waals surface area contributed by atoms with Gasteiger partial charge in [-0.1, -0.05) is 23.2 Å². The molecular formula is C12H10Cl2N2O. The third kappa shape index (κ3) is 2.30. The van der Waals surface area contributed by atoms with Crippen LogP contribution in [0.15, 0.2) is 30.6 Å². The van der Waals surface area contributed by atoms with Gasteiger partial charge in [-0.15, -0.1) is 0 Å². The van der Waals surface area contributed by atoms with Crippen molar-refractivity contribution in [3.05, 3.63) is 40.6 Å². The lowest BCUT2D eigenvalue weighted by Gasteiger charge is -2.10. The molecule has 2 rings (SSSR count). The standard InChI is InChI=1S/C12H10Cl2N2O/c1-17-12-5-9(13)7(4-10(12)14)8-6-16-3-2-11(8)15/h2-6H,1H3,(H2,15,16). The van der Waals surface area contributed by atoms with Crippen molar-refractivity contribution in [3.8, 4) is 16.9 Å². The van der Waals surface area contributed by atoms with Crippen LogP contribution in [0, 0.1) is 0 Å². The van der Waals surface area contributed by atoms with Crippen LogP contribution in [0.2, 0.25) is 10.0 Å². The maximum Gasteiger partial charge on any atom is 0.138 e. The molecule has 0 atom stereocenters. The molecule has 3 nitrogen and oxygen atoms in total. The minimum absolute atomic E-state index is 0.482. The Bertz CT molecular complexity index is 558. The molecule has 0 unspecified atom stereocenters. The summed E-state index contributed by atoms with van der Waals surface area (Å²) in [5.74, 6) is 0.530. The number of methoxy groups -OCH3 is 1. The normalized spacial score (nSPS) is 10.3. The predicted octanol–water partition coefficient (Wildman–Crippen LogP) is 3.65. The molecule has 1 aromatic heterocycles. The Labute approximate surface area is 109 Å². The molecule has 1 heterocycles. The number of hydrogen-bond donors (Lipinski definition) is 1. The first-order valence-electron chi connectivity index (χ1n) is 4.86. The Morgan fingerprint density at radius 3 is 2.59 bits per heavy atom. The minimum Gasteiger partial charge on any atom is -0.495 e. The molecule has 2 N–H and O–H groups in total. The number of nitrogens with zero attached hydrogens (tertiary/aromatic N) is 1. The Morgan fingerprint density at radius 2 is 1.94 bits per heavy atom. The van der Waals surface area contributed by atoms with Gasteiger partial charge in [-0.2, -0.15) is 0 Å². The second-order valence-corrected chi connectivity index (χ2v) is 4.24. The van der Waals surface area contributed by atoms with Gasteiger partial charge < -0.3 is 10.5 Å². The van der Waals surface area contributed by atoms with E-state index in [1.165, 1.54) is 7.11 Å². The fourth-order valence-electron chi connectivity index (χ4n) is 1.52. The van der Waals surface area contributed by atoms with E-state index in [2.05, 4.69) is 4.98 Å². The van der Waals surface area contributed by atoms with Gasteiger partial charge in [-0.05, 0) is 12.1 Å². The van der Waals surface area contributed by atoms with E-state index in [0.29, 0.717) is 21.5 Å². The van der Waals surface area contributed by atoms with Crippen molar-refractivity contribution in [2.24, 2.45) is 0 Å². The number of pyridine rings is 1. The number of nitrogens with two attached hydrogens (primary N) is 1. The highest BCUT2D eigenvalue weighted by atomic mass is 35.5. The van der Waals surface area contributed by atoms with Crippen LogP contribution in [0.3, 0.4) is 0 Å². The highest BCUT2D eigenvalue weighted by Gasteiger charge is 2.11. The number of anilines is 1. The minimum atomic E-state index is 0.482. The summed E-state index contributed by atoms with van der Waals surface area (Å²) in [6.45, 7) is 0. The smallest absolute Gasteiger partial charge is 0.138 e. The van der Waals surface area contributed by atoms with Crippen LogP contribution >= 0.6 is 23.2 Å². The summed E-state index contributed by atoms with van der Waals surface area (Å²) in [5, 5.41) is 1.00. The van der Waals surface area contributed by atoms with Crippen molar-refractivity contribution >= 4 is 28.9 Å². The van der Waals surface area contributed by atoms with Crippen molar-refractivity contribution in [2.45, 2.75) is 0 Å². The Morgan fingerprint density at radius 1 is 1.18 bits per heavy atom. The zero-order valence-electron chi connectivity index (χ0n) is 9.08. The third-order valence-corrected chi connectivity index (χ3v) is 2.99. The molecule has 0 saturated heterocycles. The largest absolute Gasteiger partial charge is 0.495 e. The lowest BCUT2D eigenvalue weighted by molar-refractivity contribution is 0.415. The van der Waals surface area contributed by atoms with Crippen molar-refractivity contribution in [3.63, 3.8) is 0 Å². The van der Waals surface area contributed by atoms with E-state index < -0.39 is 0 Å². The van der Waals surface area contributed by atoms with Crippen LogP contribution in [0.5, 0.6) is 5.75 Å². The molecule has 0 bridgehead atoms. The van der Waals surface area contributed by atoms with E-state index in [1.807, 2.05) is 0 Å². The number of nitrogen functional groups attached to an aromatic ring is 1. The number of ether oxygens (including phenoxy) is 1. The molecule has 0 aliphatic heterocycles. The molecule has 0 saturated carbocycles. The molecule has 0 radical (unpaired) electrons. The topological polar surface area (TPSA) is 48.1 Å². The molecule has 17 heavy (non-hydrogen) atoms. The molecule has 0 spiro atoms. The summed E-state index contributed by atoms with van der Waals surface area (Å²) < 4.78 is 5.08. The second-order valence-electron chi connectivity index (χ2n) is 3.43. The van der Waals surface area contributed by atoms with Gasteiger partial charge in [0.2, 0.25) is 0 Å². The SMILES string of the molecule is COc1cc(Cl)c(-c2cnccc2N)cc1Cl. The summed E-state index contributed by atoms with van der Waals surface area (Å²) in [7, 11) is 1.54. The van der Waals surface area contributed by atoms with E-state index in [1.54, 1.807) is 30.6 Å². The first-order valence-corrected chi connectivity index (χ1v) is 5.62. The van der Waals surface area contributed by atoms with Gasteiger partial charge >= 0.3 is 0 Å². The summed E-state index contributed by atoms with van der Waals surface area (Å²) in [6, 6.07) is 5.09. The van der Waals surface area contributed by atoms with Gasteiger partial charge in [0, 0.05) is 35.3 Å². The first-order chi connectivity index (χ1) is 8.13. The highest BCUT2D eigenvalue weighted by Crippen LogP contribution is 2.38. The van der Waals surface area contributed by atoms with Gasteiger partial charge in [-0.3, -0.25) is 4.98 Å². The zero-order chi connectivity index (χ0) is 12.4. The average molecular weight is 269 g/mol. The van der Waals surface area contributed by atoms with Crippen molar-refractivity contribution < 1.29 is 4.74 Å². The number of hydrogen-bond acceptors (Lipinski definition) is 3. The van der Waals surface area contributed by atoms with Gasteiger partial charge in [0.25, 0.3) is 0 Å². The molecule has 0 amide bonds. The molecule has 1 aromatic carbocycles. The number of benzene rings is 1. The van der Waals surface area contributed by atoms with Crippen LogP contribution in [0.4, 0.5) is 5.69 Å². The number of halogens is 2. The Kier molecular flexibility index (Phi) is 3.41. The number of aromatic nitrogens is 1. The quantitative estimate of drug-likeness (QED) is 0.905. The van der Waals surface area contributed by atoms with Crippen LogP contribution in [-0.2, 0) is 0 Å². The van der Waals surface area contributed by atoms with E-state index in [-0.39, 0.29) is 0 Å². The molecule has 0 aliphatic carbocycles. The fraction of sp³-hybridized carbons (Fsp3) is 0.0833. The van der Waals surface area contributed by atoms with Crippen molar-refractivity contribution in [1.29, 1.82) is 0 Å². The van der Waals surface area contributed by atoms with E-state index in [0.717, 1.165) is 11.1 Å². The molecule has 5 heteroatoms. The molecular weight excluding hydrogens is 259 g/mol. The van der Waals surface area contributed by atoms with Gasteiger partial charge in [0.15, 0.2) is 0 Å². The summed E-state index contributed by atoms with van der Waals surface area (Å²) in [6.07, 6.45) is 3.28. The second kappa shape index (κ2) is 4.82. The lowest BCUT2D eigenvalue weighted by atomic mass is 10.1. The molecule has 88 valence electrons. The monoisotopic (exact) mass is 268 g/mol. The number of rotatable bonds is 2. The predicted molar refractivity (Wildman–Crippen MR) is 70.7 cm³/mol. The van der Waals surface area contributed by atoms with Crippen molar-refractivity contribution in [2.75, 3.05) is 12.8 Å². The highest BCUT2D eigenvalue weighted by molar-refractivity contribution is 6.36. The Hall–Kier alpha value is -1.45. The average Bonchev–Trinajstić information content (AvgIpc) is 2.32. The molecule has 0 aliphatic rings. The summed E-state index contributed by atoms with van der Waals surface area (Å²) >= 11 is 12.2. The van der Waals surface area contributed by atoms with Gasteiger partial charge in [0.05, 0.1) is 17.2 Å². The van der Waals surface area contributed by atoms with Gasteiger partial charge in [0.1, 0.15) is 5.75 Å². The fourth-order valence-corrected chi connectivity index (χ4v) is 2.02. The van der Waals surface area contributed by atoms with Crippen LogP contribution < -0.4 is 10.5 Å². The molecule has 2 aromatic rings. The summed E-state index contributed by atoms with van der Waals surface area (Å²) in [4.78, 5) is 4.02. The van der Waals surface area contributed by atoms with E-state index >= 15 is 0 Å². The lowest BCUT2D eigenvalue weighted by Crippen LogP contribution is -1.92. The van der Waals surface area contributed by atoms with Crippen LogP contribution in [0.1, 0.15) is 0 Å². The van der Waals surface area contributed by atoms with Crippen LogP contribution in [0.25, 0.3) is 11.1 Å².